The quantitative estimate of drug-likeness (QED) is 0.543. The highest BCUT2D eigenvalue weighted by atomic mass is 31.2. The Hall–Kier alpha value is -1.88. The molecule has 1 fully saturated rings. The molecular weight excluding hydrogens is 341 g/mol. The second-order valence-corrected chi connectivity index (χ2v) is 6.60. The standard InChI is InChI=1S/C12H14N5O6P/c18-4-8-7(23-24(19,20)21)3-9(22-8)17-6-14-10-11-13-1-2-16(11)5-15-12(10)17/h1-2,5-9,18H,3-4H2,(H2,19,20,21)/t7-,8+,9+/m0/s1. The van der Waals surface area contributed by atoms with Gasteiger partial charge in [0.2, 0.25) is 0 Å². The molecule has 1 saturated heterocycles. The Balaban J connectivity index is 1.69. The van der Waals surface area contributed by atoms with Crippen molar-refractivity contribution in [2.45, 2.75) is 24.9 Å². The number of fused-ring (bicyclic) bond motifs is 3. The van der Waals surface area contributed by atoms with Crippen LogP contribution in [0.25, 0.3) is 16.8 Å². The molecule has 11 nitrogen and oxygen atoms in total. The molecule has 128 valence electrons. The van der Waals surface area contributed by atoms with Crippen molar-refractivity contribution in [3.63, 3.8) is 0 Å². The highest BCUT2D eigenvalue weighted by molar-refractivity contribution is 7.46. The lowest BCUT2D eigenvalue weighted by Crippen LogP contribution is -2.26. The van der Waals surface area contributed by atoms with E-state index in [2.05, 4.69) is 15.0 Å². The summed E-state index contributed by atoms with van der Waals surface area (Å²) in [7, 11) is -4.69. The number of hydrogen-bond acceptors (Lipinski definition) is 7. The molecule has 0 saturated carbocycles. The maximum atomic E-state index is 11.1. The van der Waals surface area contributed by atoms with Gasteiger partial charge in [-0.25, -0.2) is 19.5 Å². The second-order valence-electron chi connectivity index (χ2n) is 5.41. The Kier molecular flexibility index (Phi) is 3.64. The Bertz CT molecular complexity index is 934. The Morgan fingerprint density at radius 3 is 2.88 bits per heavy atom. The number of hydrogen-bond donors (Lipinski definition) is 3. The maximum Gasteiger partial charge on any atom is 0.469 e. The topological polar surface area (TPSA) is 144 Å². The summed E-state index contributed by atoms with van der Waals surface area (Å²) in [5.41, 5.74) is 1.73. The molecule has 0 radical (unpaired) electrons. The number of ether oxygens (including phenoxy) is 1. The number of rotatable bonds is 4. The van der Waals surface area contributed by atoms with E-state index in [0.717, 1.165) is 0 Å². The van der Waals surface area contributed by atoms with Crippen molar-refractivity contribution in [1.29, 1.82) is 0 Å². The van der Waals surface area contributed by atoms with Gasteiger partial charge in [0.1, 0.15) is 24.8 Å². The highest BCUT2D eigenvalue weighted by Crippen LogP contribution is 2.43. The van der Waals surface area contributed by atoms with Gasteiger partial charge in [-0.1, -0.05) is 0 Å². The molecule has 0 bridgehead atoms. The first-order valence-electron chi connectivity index (χ1n) is 7.11. The molecule has 0 amide bonds. The summed E-state index contributed by atoms with van der Waals surface area (Å²) in [5, 5.41) is 9.36. The number of aliphatic hydroxyl groups excluding tert-OH is 1. The first-order valence-corrected chi connectivity index (χ1v) is 8.64. The van der Waals surface area contributed by atoms with Gasteiger partial charge in [0.15, 0.2) is 16.8 Å². The van der Waals surface area contributed by atoms with Crippen molar-refractivity contribution in [3.05, 3.63) is 25.0 Å². The molecule has 1 aliphatic heterocycles. The van der Waals surface area contributed by atoms with E-state index >= 15 is 0 Å². The van der Waals surface area contributed by atoms with E-state index in [1.54, 1.807) is 27.7 Å². The van der Waals surface area contributed by atoms with Gasteiger partial charge in [0.05, 0.1) is 12.9 Å². The van der Waals surface area contributed by atoms with Gasteiger partial charge < -0.3 is 19.6 Å². The monoisotopic (exact) mass is 355 g/mol. The van der Waals surface area contributed by atoms with E-state index in [1.165, 1.54) is 6.33 Å². The van der Waals surface area contributed by atoms with Crippen LogP contribution in [0.5, 0.6) is 0 Å². The number of imidazole rings is 2. The lowest BCUT2D eigenvalue weighted by Gasteiger charge is -2.16. The molecule has 0 aliphatic carbocycles. The lowest BCUT2D eigenvalue weighted by molar-refractivity contribution is -0.0425. The number of aromatic nitrogens is 5. The zero-order valence-electron chi connectivity index (χ0n) is 12.2. The third kappa shape index (κ3) is 2.61. The summed E-state index contributed by atoms with van der Waals surface area (Å²) in [4.78, 5) is 30.8. The summed E-state index contributed by atoms with van der Waals surface area (Å²) in [6.45, 7) is -0.425. The summed E-state index contributed by atoms with van der Waals surface area (Å²) in [6.07, 6.45) is 4.22. The molecule has 24 heavy (non-hydrogen) atoms. The van der Waals surface area contributed by atoms with E-state index in [0.29, 0.717) is 16.8 Å². The largest absolute Gasteiger partial charge is 0.469 e. The number of nitrogens with zero attached hydrogens (tertiary/aromatic N) is 5. The predicted molar refractivity (Wildman–Crippen MR) is 78.8 cm³/mol. The van der Waals surface area contributed by atoms with Crippen molar-refractivity contribution in [1.82, 2.24) is 23.9 Å². The van der Waals surface area contributed by atoms with Gasteiger partial charge in [0, 0.05) is 18.8 Å². The van der Waals surface area contributed by atoms with Crippen molar-refractivity contribution in [2.75, 3.05) is 6.61 Å². The molecule has 3 atom stereocenters. The predicted octanol–water partition coefficient (Wildman–Crippen LogP) is -0.163. The van der Waals surface area contributed by atoms with Gasteiger partial charge in [-0.3, -0.25) is 13.5 Å². The lowest BCUT2D eigenvalue weighted by atomic mass is 10.2. The normalized spacial score (nSPS) is 25.0. The fraction of sp³-hybridized carbons (Fsp3) is 0.417. The minimum Gasteiger partial charge on any atom is -0.394 e. The first-order chi connectivity index (χ1) is 11.5. The first kappa shape index (κ1) is 15.6. The van der Waals surface area contributed by atoms with Gasteiger partial charge in [-0.2, -0.15) is 0 Å². The Morgan fingerprint density at radius 2 is 2.12 bits per heavy atom. The second kappa shape index (κ2) is 5.59. The molecule has 12 heteroatoms. The van der Waals surface area contributed by atoms with E-state index in [4.69, 9.17) is 19.0 Å². The van der Waals surface area contributed by atoms with Crippen LogP contribution in [0.15, 0.2) is 25.0 Å². The van der Waals surface area contributed by atoms with Crippen molar-refractivity contribution in [3.8, 4) is 0 Å². The summed E-state index contributed by atoms with van der Waals surface area (Å²) >= 11 is 0. The summed E-state index contributed by atoms with van der Waals surface area (Å²) in [6, 6.07) is 0. The van der Waals surface area contributed by atoms with E-state index in [-0.39, 0.29) is 6.42 Å². The Morgan fingerprint density at radius 1 is 1.29 bits per heavy atom. The average molecular weight is 355 g/mol. The molecule has 3 aromatic heterocycles. The molecule has 1 aliphatic rings. The van der Waals surface area contributed by atoms with Crippen LogP contribution in [0, 0.1) is 0 Å². The molecule has 3 N–H and O–H groups in total. The minimum atomic E-state index is -4.69. The van der Waals surface area contributed by atoms with Gasteiger partial charge in [-0.15, -0.1) is 0 Å². The van der Waals surface area contributed by atoms with Gasteiger partial charge >= 0.3 is 7.82 Å². The van der Waals surface area contributed by atoms with Gasteiger partial charge in [0.25, 0.3) is 0 Å². The molecular formula is C12H14N5O6P. The van der Waals surface area contributed by atoms with E-state index in [1.807, 2.05) is 0 Å². The summed E-state index contributed by atoms with van der Waals surface area (Å²) in [5.74, 6) is 0. The minimum absolute atomic E-state index is 0.142. The zero-order chi connectivity index (χ0) is 16.9. The molecule has 4 heterocycles. The molecule has 0 aromatic carbocycles. The van der Waals surface area contributed by atoms with Crippen LogP contribution in [0.2, 0.25) is 0 Å². The van der Waals surface area contributed by atoms with Crippen LogP contribution >= 0.6 is 7.82 Å². The van der Waals surface area contributed by atoms with E-state index < -0.39 is 32.9 Å². The smallest absolute Gasteiger partial charge is 0.394 e. The maximum absolute atomic E-state index is 11.1. The third-order valence-electron chi connectivity index (χ3n) is 3.90. The zero-order valence-corrected chi connectivity index (χ0v) is 13.1. The van der Waals surface area contributed by atoms with Crippen LogP contribution in [-0.2, 0) is 13.8 Å². The van der Waals surface area contributed by atoms with Crippen molar-refractivity contribution >= 4 is 24.6 Å². The molecule has 4 rings (SSSR count). The van der Waals surface area contributed by atoms with Crippen LogP contribution in [0.4, 0.5) is 0 Å². The number of phosphoric acid groups is 1. The van der Waals surface area contributed by atoms with E-state index in [9.17, 15) is 9.67 Å². The summed E-state index contributed by atoms with van der Waals surface area (Å²) < 4.78 is 24.8. The van der Waals surface area contributed by atoms with Gasteiger partial charge in [-0.05, 0) is 0 Å². The van der Waals surface area contributed by atoms with Crippen LogP contribution in [0.1, 0.15) is 12.6 Å². The van der Waals surface area contributed by atoms with Crippen LogP contribution < -0.4 is 0 Å². The average Bonchev–Trinajstić information content (AvgIpc) is 3.21. The fourth-order valence-corrected chi connectivity index (χ4v) is 3.45. The molecule has 0 unspecified atom stereocenters. The molecule has 0 spiro atoms. The highest BCUT2D eigenvalue weighted by Gasteiger charge is 2.40. The van der Waals surface area contributed by atoms with Crippen LogP contribution in [0.3, 0.4) is 0 Å². The third-order valence-corrected chi connectivity index (χ3v) is 4.44. The Labute approximate surface area is 134 Å². The van der Waals surface area contributed by atoms with Crippen molar-refractivity contribution in [2.24, 2.45) is 0 Å². The number of phosphoric ester groups is 1. The van der Waals surface area contributed by atoms with Crippen molar-refractivity contribution < 1.29 is 28.7 Å². The molecule has 3 aromatic rings. The fourth-order valence-electron chi connectivity index (χ4n) is 2.88. The van der Waals surface area contributed by atoms with Crippen LogP contribution in [-0.4, -0.2) is 57.6 Å². The number of aliphatic hydroxyl groups is 1. The SMILES string of the molecule is O=P(O)(O)O[C@H]1C[C@H](n2cnc3c2ncn2ccnc32)O[C@@H]1CO.